The number of nitrogens with one attached hydrogen (secondary N) is 1. The zero-order valence-corrected chi connectivity index (χ0v) is 10.3. The van der Waals surface area contributed by atoms with Crippen LogP contribution in [-0.4, -0.2) is 60.4 Å². The lowest BCUT2D eigenvalue weighted by molar-refractivity contribution is -0.134. The maximum Gasteiger partial charge on any atom is 0.236 e. The molecule has 0 aliphatic carbocycles. The van der Waals surface area contributed by atoms with Crippen molar-refractivity contribution in [3.05, 3.63) is 0 Å². The van der Waals surface area contributed by atoms with Crippen LogP contribution in [0.2, 0.25) is 0 Å². The molecule has 0 spiro atoms. The van der Waals surface area contributed by atoms with Gasteiger partial charge in [-0.25, -0.2) is 0 Å². The lowest BCUT2D eigenvalue weighted by atomic mass is 9.99. The van der Waals surface area contributed by atoms with Gasteiger partial charge < -0.3 is 20.1 Å². The minimum absolute atomic E-state index is 0.0667. The molecule has 1 fully saturated rings. The van der Waals surface area contributed by atoms with Crippen molar-refractivity contribution in [2.24, 2.45) is 0 Å². The summed E-state index contributed by atoms with van der Waals surface area (Å²) >= 11 is 0. The molecule has 16 heavy (non-hydrogen) atoms. The Morgan fingerprint density at radius 2 is 2.06 bits per heavy atom. The van der Waals surface area contributed by atoms with Gasteiger partial charge in [-0.3, -0.25) is 4.79 Å². The van der Waals surface area contributed by atoms with E-state index in [2.05, 4.69) is 5.32 Å². The maximum absolute atomic E-state index is 11.8. The van der Waals surface area contributed by atoms with Crippen LogP contribution in [0.4, 0.5) is 0 Å². The van der Waals surface area contributed by atoms with E-state index in [9.17, 15) is 9.90 Å². The Morgan fingerprint density at radius 1 is 1.50 bits per heavy atom. The third-order valence-corrected chi connectivity index (χ3v) is 3.10. The molecule has 1 aliphatic rings. The summed E-state index contributed by atoms with van der Waals surface area (Å²) in [6.07, 6.45) is -0.495. The Morgan fingerprint density at radius 3 is 2.56 bits per heavy atom. The number of rotatable bonds is 4. The summed E-state index contributed by atoms with van der Waals surface area (Å²) in [6.45, 7) is 8.29. The quantitative estimate of drug-likeness (QED) is 0.689. The van der Waals surface area contributed by atoms with E-state index in [4.69, 9.17) is 4.74 Å². The van der Waals surface area contributed by atoms with Gasteiger partial charge in [0.05, 0.1) is 25.9 Å². The van der Waals surface area contributed by atoms with Crippen LogP contribution in [0, 0.1) is 0 Å². The number of morpholine rings is 1. The van der Waals surface area contributed by atoms with E-state index < -0.39 is 11.6 Å². The summed E-state index contributed by atoms with van der Waals surface area (Å²) in [7, 11) is 0. The summed E-state index contributed by atoms with van der Waals surface area (Å²) in [5.74, 6) is 0.0667. The fourth-order valence-corrected chi connectivity index (χ4v) is 1.38. The van der Waals surface area contributed by atoms with Crippen LogP contribution >= 0.6 is 0 Å². The Kier molecular flexibility index (Phi) is 4.70. The molecule has 5 heteroatoms. The molecule has 1 aliphatic heterocycles. The molecule has 0 aromatic rings. The van der Waals surface area contributed by atoms with Gasteiger partial charge in [0.1, 0.15) is 0 Å². The minimum atomic E-state index is -0.495. The van der Waals surface area contributed by atoms with Crippen LogP contribution in [0.25, 0.3) is 0 Å². The number of hydrogen-bond acceptors (Lipinski definition) is 4. The van der Waals surface area contributed by atoms with Crippen LogP contribution in [0.1, 0.15) is 20.8 Å². The van der Waals surface area contributed by atoms with Crippen molar-refractivity contribution >= 4 is 5.91 Å². The molecule has 1 rings (SSSR count). The molecule has 2 N–H and O–H groups in total. The summed E-state index contributed by atoms with van der Waals surface area (Å²) < 4.78 is 5.18. The second-order valence-electron chi connectivity index (χ2n) is 4.74. The first-order valence-corrected chi connectivity index (χ1v) is 5.72. The average Bonchev–Trinajstić information content (AvgIpc) is 2.27. The molecule has 1 amide bonds. The van der Waals surface area contributed by atoms with E-state index in [0.717, 1.165) is 0 Å². The summed E-state index contributed by atoms with van der Waals surface area (Å²) in [5.41, 5.74) is -0.443. The van der Waals surface area contributed by atoms with E-state index in [1.165, 1.54) is 0 Å². The Labute approximate surface area is 96.8 Å². The van der Waals surface area contributed by atoms with Crippen LogP contribution in [-0.2, 0) is 9.53 Å². The number of carbonyl (C=O) groups is 1. The summed E-state index contributed by atoms with van der Waals surface area (Å²) in [5, 5.41) is 12.6. The molecule has 1 heterocycles. The molecule has 94 valence electrons. The smallest absolute Gasteiger partial charge is 0.236 e. The highest BCUT2D eigenvalue weighted by molar-refractivity contribution is 5.78. The fraction of sp³-hybridized carbons (Fsp3) is 0.909. The normalized spacial score (nSPS) is 19.6. The Balaban J connectivity index is 2.34. The molecule has 0 aromatic heterocycles. The standard InChI is InChI=1S/C11H22N2O3/c1-9(14)11(2,3)12-8-10(15)13-4-6-16-7-5-13/h9,12,14H,4-8H2,1-3H3. The van der Waals surface area contributed by atoms with Gasteiger partial charge in [0.25, 0.3) is 0 Å². The molecule has 5 nitrogen and oxygen atoms in total. The van der Waals surface area contributed by atoms with Crippen molar-refractivity contribution in [1.29, 1.82) is 0 Å². The number of hydrogen-bond donors (Lipinski definition) is 2. The van der Waals surface area contributed by atoms with Gasteiger partial charge in [-0.05, 0) is 20.8 Å². The SMILES string of the molecule is CC(O)C(C)(C)NCC(=O)N1CCOCC1. The topological polar surface area (TPSA) is 61.8 Å². The molecule has 0 bridgehead atoms. The van der Waals surface area contributed by atoms with E-state index in [1.807, 2.05) is 13.8 Å². The molecule has 0 saturated carbocycles. The zero-order valence-electron chi connectivity index (χ0n) is 10.3. The Bertz CT molecular complexity index is 235. The molecular formula is C11H22N2O3. The summed E-state index contributed by atoms with van der Waals surface area (Å²) in [6, 6.07) is 0. The zero-order chi connectivity index (χ0) is 12.2. The summed E-state index contributed by atoms with van der Waals surface area (Å²) in [4.78, 5) is 13.6. The molecule has 0 aromatic carbocycles. The second-order valence-corrected chi connectivity index (χ2v) is 4.74. The number of aliphatic hydroxyl groups is 1. The highest BCUT2D eigenvalue weighted by Crippen LogP contribution is 2.08. The van der Waals surface area contributed by atoms with Crippen molar-refractivity contribution in [2.75, 3.05) is 32.8 Å². The Hall–Kier alpha value is -0.650. The maximum atomic E-state index is 11.8. The predicted molar refractivity (Wildman–Crippen MR) is 61.2 cm³/mol. The van der Waals surface area contributed by atoms with Crippen LogP contribution in [0.5, 0.6) is 0 Å². The van der Waals surface area contributed by atoms with Crippen molar-refractivity contribution < 1.29 is 14.6 Å². The lowest BCUT2D eigenvalue weighted by Crippen LogP contribution is -2.53. The molecule has 1 saturated heterocycles. The first-order valence-electron chi connectivity index (χ1n) is 5.72. The van der Waals surface area contributed by atoms with Gasteiger partial charge in [-0.1, -0.05) is 0 Å². The molecular weight excluding hydrogens is 208 g/mol. The van der Waals surface area contributed by atoms with Crippen molar-refractivity contribution in [3.8, 4) is 0 Å². The largest absolute Gasteiger partial charge is 0.392 e. The first kappa shape index (κ1) is 13.4. The van der Waals surface area contributed by atoms with E-state index in [1.54, 1.807) is 11.8 Å². The molecule has 0 radical (unpaired) electrons. The van der Waals surface area contributed by atoms with Crippen molar-refractivity contribution in [3.63, 3.8) is 0 Å². The van der Waals surface area contributed by atoms with Gasteiger partial charge >= 0.3 is 0 Å². The van der Waals surface area contributed by atoms with Gasteiger partial charge in [0, 0.05) is 18.6 Å². The van der Waals surface area contributed by atoms with Crippen molar-refractivity contribution in [2.45, 2.75) is 32.4 Å². The number of aliphatic hydroxyl groups excluding tert-OH is 1. The van der Waals surface area contributed by atoms with Crippen LogP contribution in [0.3, 0.4) is 0 Å². The number of ether oxygens (including phenoxy) is 1. The lowest BCUT2D eigenvalue weighted by Gasteiger charge is -2.32. The minimum Gasteiger partial charge on any atom is -0.392 e. The third kappa shape index (κ3) is 3.73. The van der Waals surface area contributed by atoms with E-state index in [0.29, 0.717) is 26.3 Å². The van der Waals surface area contributed by atoms with Gasteiger partial charge in [-0.2, -0.15) is 0 Å². The van der Waals surface area contributed by atoms with E-state index in [-0.39, 0.29) is 12.5 Å². The second kappa shape index (κ2) is 5.61. The third-order valence-electron chi connectivity index (χ3n) is 3.10. The molecule has 1 unspecified atom stereocenters. The first-order chi connectivity index (χ1) is 7.43. The number of carbonyl (C=O) groups excluding carboxylic acids is 1. The average molecular weight is 230 g/mol. The fourth-order valence-electron chi connectivity index (χ4n) is 1.38. The van der Waals surface area contributed by atoms with Crippen LogP contribution < -0.4 is 5.32 Å². The van der Waals surface area contributed by atoms with Crippen LogP contribution in [0.15, 0.2) is 0 Å². The van der Waals surface area contributed by atoms with Gasteiger partial charge in [0.2, 0.25) is 5.91 Å². The van der Waals surface area contributed by atoms with Crippen molar-refractivity contribution in [1.82, 2.24) is 10.2 Å². The number of amides is 1. The molecule has 1 atom stereocenters. The van der Waals surface area contributed by atoms with Gasteiger partial charge in [-0.15, -0.1) is 0 Å². The number of nitrogens with zero attached hydrogens (tertiary/aromatic N) is 1. The van der Waals surface area contributed by atoms with E-state index >= 15 is 0 Å². The predicted octanol–water partition coefficient (Wildman–Crippen LogP) is -0.406. The van der Waals surface area contributed by atoms with Gasteiger partial charge in [0.15, 0.2) is 0 Å². The monoisotopic (exact) mass is 230 g/mol. The highest BCUT2D eigenvalue weighted by atomic mass is 16.5. The highest BCUT2D eigenvalue weighted by Gasteiger charge is 2.25.